The van der Waals surface area contributed by atoms with Gasteiger partial charge in [0, 0.05) is 17.8 Å². The highest BCUT2D eigenvalue weighted by Crippen LogP contribution is 2.38. The van der Waals surface area contributed by atoms with Gasteiger partial charge in [-0.25, -0.2) is 9.69 Å². The maximum atomic E-state index is 13.1. The second-order valence-electron chi connectivity index (χ2n) is 7.49. The van der Waals surface area contributed by atoms with E-state index >= 15 is 0 Å². The molecule has 1 aliphatic heterocycles. The zero-order valence-electron chi connectivity index (χ0n) is 19.4. The summed E-state index contributed by atoms with van der Waals surface area (Å²) in [5.41, 5.74) is 0.0698. The Bertz CT molecular complexity index is 1450. The number of hydrogen-bond donors (Lipinski definition) is 1. The topological polar surface area (TPSA) is 137 Å². The highest BCUT2D eigenvalue weighted by molar-refractivity contribution is 6.53. The summed E-state index contributed by atoms with van der Waals surface area (Å²) in [5.74, 6) is -1.83. The van der Waals surface area contributed by atoms with Crippen molar-refractivity contribution in [3.63, 3.8) is 0 Å². The number of anilines is 2. The number of ether oxygens (including phenoxy) is 3. The van der Waals surface area contributed by atoms with E-state index in [-0.39, 0.29) is 39.2 Å². The summed E-state index contributed by atoms with van der Waals surface area (Å²) >= 11 is 6.20. The molecule has 188 valence electrons. The van der Waals surface area contributed by atoms with Crippen molar-refractivity contribution in [3.05, 3.63) is 93.1 Å². The van der Waals surface area contributed by atoms with Crippen LogP contribution in [0.25, 0.3) is 0 Å². The normalized spacial score (nSPS) is 13.0. The first-order valence-corrected chi connectivity index (χ1v) is 11.0. The maximum absolute atomic E-state index is 13.1. The van der Waals surface area contributed by atoms with Crippen LogP contribution in [-0.4, -0.2) is 36.9 Å². The van der Waals surface area contributed by atoms with Gasteiger partial charge < -0.3 is 19.5 Å². The lowest BCUT2D eigenvalue weighted by molar-refractivity contribution is -0.385. The number of methoxy groups -OCH3 is 2. The number of esters is 1. The molecule has 3 aromatic carbocycles. The average molecular weight is 524 g/mol. The van der Waals surface area contributed by atoms with Crippen LogP contribution in [0.3, 0.4) is 0 Å². The fourth-order valence-electron chi connectivity index (χ4n) is 3.49. The predicted molar refractivity (Wildman–Crippen MR) is 133 cm³/mol. The van der Waals surface area contributed by atoms with Gasteiger partial charge in [0.15, 0.2) is 0 Å². The minimum Gasteiger partial charge on any atom is -0.497 e. The lowest BCUT2D eigenvalue weighted by Gasteiger charge is -2.19. The van der Waals surface area contributed by atoms with E-state index in [1.165, 1.54) is 68.8 Å². The van der Waals surface area contributed by atoms with E-state index in [2.05, 4.69) is 5.32 Å². The van der Waals surface area contributed by atoms with Crippen molar-refractivity contribution >= 4 is 46.4 Å². The highest BCUT2D eigenvalue weighted by atomic mass is 35.5. The lowest BCUT2D eigenvalue weighted by Crippen LogP contribution is -2.32. The first-order valence-electron chi connectivity index (χ1n) is 10.6. The van der Waals surface area contributed by atoms with E-state index in [9.17, 15) is 24.5 Å². The molecule has 2 amide bonds. The Hall–Kier alpha value is -4.90. The molecule has 0 unspecified atom stereocenters. The van der Waals surface area contributed by atoms with Crippen molar-refractivity contribution in [2.75, 3.05) is 24.4 Å². The maximum Gasteiger partial charge on any atom is 0.343 e. The lowest BCUT2D eigenvalue weighted by atomic mass is 10.2. The SMILES string of the molecule is COc1ccc(OC)c(N2C(=O)C(Cl)=C(Nc3ccc(C(=O)Oc4ccccc4[N+](=O)[O-])cc3)C2=O)c1. The van der Waals surface area contributed by atoms with Gasteiger partial charge in [0.25, 0.3) is 11.8 Å². The summed E-state index contributed by atoms with van der Waals surface area (Å²) < 4.78 is 15.6. The van der Waals surface area contributed by atoms with Crippen LogP contribution in [0.4, 0.5) is 17.1 Å². The molecule has 0 aliphatic carbocycles. The molecule has 0 atom stereocenters. The molecule has 0 aromatic heterocycles. The van der Waals surface area contributed by atoms with Crippen LogP contribution in [-0.2, 0) is 9.59 Å². The van der Waals surface area contributed by atoms with Crippen molar-refractivity contribution in [1.29, 1.82) is 0 Å². The zero-order valence-corrected chi connectivity index (χ0v) is 20.1. The zero-order chi connectivity index (χ0) is 26.7. The van der Waals surface area contributed by atoms with Crippen LogP contribution in [0.5, 0.6) is 17.2 Å². The fourth-order valence-corrected chi connectivity index (χ4v) is 3.70. The van der Waals surface area contributed by atoms with Crippen LogP contribution < -0.4 is 24.4 Å². The van der Waals surface area contributed by atoms with Crippen LogP contribution >= 0.6 is 11.6 Å². The number of para-hydroxylation sites is 2. The highest BCUT2D eigenvalue weighted by Gasteiger charge is 2.40. The molecule has 4 rings (SSSR count). The monoisotopic (exact) mass is 523 g/mol. The number of benzene rings is 3. The molecule has 0 saturated carbocycles. The Morgan fingerprint density at radius 3 is 2.30 bits per heavy atom. The number of carbonyl (C=O) groups is 3. The number of nitrogens with one attached hydrogen (secondary N) is 1. The van der Waals surface area contributed by atoms with Crippen molar-refractivity contribution < 1.29 is 33.5 Å². The smallest absolute Gasteiger partial charge is 0.343 e. The van der Waals surface area contributed by atoms with Gasteiger partial charge in [0.2, 0.25) is 5.75 Å². The third-order valence-corrected chi connectivity index (χ3v) is 5.66. The number of nitrogens with zero attached hydrogens (tertiary/aromatic N) is 2. The van der Waals surface area contributed by atoms with E-state index in [0.29, 0.717) is 11.4 Å². The number of amides is 2. The third kappa shape index (κ3) is 4.93. The number of halogens is 1. The number of nitro groups is 1. The quantitative estimate of drug-likeness (QED) is 0.151. The van der Waals surface area contributed by atoms with Crippen LogP contribution in [0.2, 0.25) is 0 Å². The minimum absolute atomic E-state index is 0.0975. The Kier molecular flexibility index (Phi) is 7.07. The van der Waals surface area contributed by atoms with Crippen molar-refractivity contribution in [2.24, 2.45) is 0 Å². The van der Waals surface area contributed by atoms with Gasteiger partial charge >= 0.3 is 11.7 Å². The van der Waals surface area contributed by atoms with Crippen molar-refractivity contribution in [3.8, 4) is 17.2 Å². The standard InChI is InChI=1S/C25H18ClN3O8/c1-35-16-11-12-19(36-2)18(13-16)28-23(30)21(26)22(24(28)31)27-15-9-7-14(8-10-15)25(32)37-20-6-4-3-5-17(20)29(33)34/h3-13,27H,1-2H3. The number of rotatable bonds is 8. The molecule has 0 radical (unpaired) electrons. The number of carbonyl (C=O) groups excluding carboxylic acids is 3. The Morgan fingerprint density at radius 2 is 1.65 bits per heavy atom. The van der Waals surface area contributed by atoms with Gasteiger partial charge in [0.05, 0.1) is 30.4 Å². The minimum atomic E-state index is -0.818. The molecule has 11 nitrogen and oxygen atoms in total. The predicted octanol–water partition coefficient (Wildman–Crippen LogP) is 4.27. The van der Waals surface area contributed by atoms with E-state index < -0.39 is 22.7 Å². The number of nitro benzene ring substituents is 1. The molecule has 1 aliphatic rings. The van der Waals surface area contributed by atoms with Crippen molar-refractivity contribution in [1.82, 2.24) is 0 Å². The first-order chi connectivity index (χ1) is 17.7. The molecule has 1 N–H and O–H groups in total. The largest absolute Gasteiger partial charge is 0.497 e. The van der Waals surface area contributed by atoms with Crippen LogP contribution in [0.15, 0.2) is 77.5 Å². The molecule has 1 heterocycles. The summed E-state index contributed by atoms with van der Waals surface area (Å²) in [6, 6.07) is 15.8. The number of imide groups is 1. The van der Waals surface area contributed by atoms with Gasteiger partial charge in [0.1, 0.15) is 22.2 Å². The first kappa shape index (κ1) is 25.2. The van der Waals surface area contributed by atoms with Gasteiger partial charge in [-0.1, -0.05) is 23.7 Å². The van der Waals surface area contributed by atoms with E-state index in [1.54, 1.807) is 12.1 Å². The Labute approximate surface area is 214 Å². The number of hydrogen-bond acceptors (Lipinski definition) is 9. The van der Waals surface area contributed by atoms with Crippen LogP contribution in [0.1, 0.15) is 10.4 Å². The molecule has 0 fully saturated rings. The summed E-state index contributed by atoms with van der Waals surface area (Å²) in [5, 5.41) is 13.6. The molecule has 0 spiro atoms. The van der Waals surface area contributed by atoms with Gasteiger partial charge in [-0.05, 0) is 42.5 Å². The van der Waals surface area contributed by atoms with Gasteiger partial charge in [-0.15, -0.1) is 0 Å². The molecule has 12 heteroatoms. The molecular weight excluding hydrogens is 506 g/mol. The van der Waals surface area contributed by atoms with E-state index in [0.717, 1.165) is 4.90 Å². The van der Waals surface area contributed by atoms with Gasteiger partial charge in [-0.2, -0.15) is 0 Å². The van der Waals surface area contributed by atoms with E-state index in [1.807, 2.05) is 0 Å². The Morgan fingerprint density at radius 1 is 0.946 bits per heavy atom. The molecule has 37 heavy (non-hydrogen) atoms. The molecule has 0 bridgehead atoms. The average Bonchev–Trinajstić information content (AvgIpc) is 3.11. The van der Waals surface area contributed by atoms with E-state index in [4.69, 9.17) is 25.8 Å². The molecule has 0 saturated heterocycles. The summed E-state index contributed by atoms with van der Waals surface area (Å²) in [4.78, 5) is 49.8. The van der Waals surface area contributed by atoms with Crippen molar-refractivity contribution in [2.45, 2.75) is 0 Å². The molecular formula is C25H18ClN3O8. The third-order valence-electron chi connectivity index (χ3n) is 5.31. The second-order valence-corrected chi connectivity index (χ2v) is 7.87. The van der Waals surface area contributed by atoms with Crippen LogP contribution in [0, 0.1) is 10.1 Å². The van der Waals surface area contributed by atoms with Gasteiger partial charge in [-0.3, -0.25) is 19.7 Å². The second kappa shape index (κ2) is 10.4. The summed E-state index contributed by atoms with van der Waals surface area (Å²) in [6.45, 7) is 0. The fraction of sp³-hybridized carbons (Fsp3) is 0.0800. The molecule has 3 aromatic rings. The summed E-state index contributed by atoms with van der Waals surface area (Å²) in [7, 11) is 2.84. The Balaban J connectivity index is 1.52. The summed E-state index contributed by atoms with van der Waals surface area (Å²) in [6.07, 6.45) is 0.